The van der Waals surface area contributed by atoms with E-state index >= 15 is 0 Å². The highest BCUT2D eigenvalue weighted by atomic mass is 35.5. The minimum Gasteiger partial charge on any atom is -0.477 e. The monoisotopic (exact) mass is 463 g/mol. The molecule has 0 spiro atoms. The summed E-state index contributed by atoms with van der Waals surface area (Å²) in [6.45, 7) is 2.94. The second kappa shape index (κ2) is 8.64. The van der Waals surface area contributed by atoms with Gasteiger partial charge in [-0.25, -0.2) is 14.2 Å². The zero-order valence-corrected chi connectivity index (χ0v) is 18.1. The molecule has 1 fully saturated rings. The summed E-state index contributed by atoms with van der Waals surface area (Å²) < 4.78 is 14.2. The largest absolute Gasteiger partial charge is 0.477 e. The number of carbonyl (C=O) groups is 2. The molecule has 4 heterocycles. The molecule has 162 valence electrons. The predicted octanol–water partition coefficient (Wildman–Crippen LogP) is 3.73. The third-order valence-electron chi connectivity index (χ3n) is 5.09. The average molecular weight is 464 g/mol. The Morgan fingerprint density at radius 2 is 2.10 bits per heavy atom. The first-order valence-corrected chi connectivity index (χ1v) is 10.8. The maximum Gasteiger partial charge on any atom is 0.348 e. The Bertz CT molecular complexity index is 1120. The average Bonchev–Trinajstić information content (AvgIpc) is 3.33. The predicted molar refractivity (Wildman–Crippen MR) is 116 cm³/mol. The highest BCUT2D eigenvalue weighted by Crippen LogP contribution is 2.34. The van der Waals surface area contributed by atoms with Crippen LogP contribution in [0, 0.1) is 12.7 Å². The van der Waals surface area contributed by atoms with E-state index in [0.717, 1.165) is 17.0 Å². The van der Waals surface area contributed by atoms with Gasteiger partial charge in [0.05, 0.1) is 5.02 Å². The van der Waals surface area contributed by atoms with Gasteiger partial charge >= 0.3 is 5.97 Å². The van der Waals surface area contributed by atoms with E-state index in [0.29, 0.717) is 41.8 Å². The molecule has 3 aromatic heterocycles. The minimum absolute atomic E-state index is 0.0278. The van der Waals surface area contributed by atoms with Crippen molar-refractivity contribution in [2.75, 3.05) is 18.0 Å². The fourth-order valence-corrected chi connectivity index (χ4v) is 4.56. The molecule has 1 aliphatic rings. The van der Waals surface area contributed by atoms with Crippen molar-refractivity contribution < 1.29 is 19.1 Å². The van der Waals surface area contributed by atoms with Crippen LogP contribution >= 0.6 is 22.9 Å². The Morgan fingerprint density at radius 3 is 2.71 bits per heavy atom. The summed E-state index contributed by atoms with van der Waals surface area (Å²) in [5.74, 6) is -2.02. The van der Waals surface area contributed by atoms with Gasteiger partial charge in [0.2, 0.25) is 0 Å². The molecule has 3 aromatic rings. The molecule has 0 bridgehead atoms. The van der Waals surface area contributed by atoms with Crippen molar-refractivity contribution in [1.29, 1.82) is 0 Å². The highest BCUT2D eigenvalue weighted by molar-refractivity contribution is 7.17. The summed E-state index contributed by atoms with van der Waals surface area (Å²) >= 11 is 7.00. The van der Waals surface area contributed by atoms with Gasteiger partial charge in [-0.05, 0) is 38.0 Å². The number of aromatic carboxylic acids is 1. The van der Waals surface area contributed by atoms with Gasteiger partial charge in [-0.1, -0.05) is 22.9 Å². The molecular formula is C20H19ClFN5O3S. The van der Waals surface area contributed by atoms with Crippen molar-refractivity contribution in [1.82, 2.24) is 20.3 Å². The van der Waals surface area contributed by atoms with Gasteiger partial charge < -0.3 is 20.3 Å². The third-order valence-corrected chi connectivity index (χ3v) is 6.59. The molecule has 1 amide bonds. The summed E-state index contributed by atoms with van der Waals surface area (Å²) in [5, 5.41) is 13.5. The lowest BCUT2D eigenvalue weighted by Crippen LogP contribution is -2.44. The summed E-state index contributed by atoms with van der Waals surface area (Å²) in [7, 11) is 0. The quantitative estimate of drug-likeness (QED) is 0.531. The molecule has 0 aliphatic carbocycles. The number of piperidine rings is 1. The van der Waals surface area contributed by atoms with Gasteiger partial charge in [-0.2, -0.15) is 0 Å². The molecule has 3 N–H and O–H groups in total. The standard InChI is InChI=1S/C20H19ClFN5O3S/c1-10-12(21)9-14(24-10)18(28)25-11-4-7-27(8-5-11)20-26-16(17(31-20)19(29)30)15-13(22)3-2-6-23-15/h2-3,6,9,11,24H,4-5,7-8H2,1H3,(H,25,28)(H,29,30). The van der Waals surface area contributed by atoms with Crippen LogP contribution < -0.4 is 10.2 Å². The number of aromatic amines is 1. The molecule has 8 nitrogen and oxygen atoms in total. The number of hydrogen-bond donors (Lipinski definition) is 3. The van der Waals surface area contributed by atoms with Crippen molar-refractivity contribution >= 4 is 39.9 Å². The smallest absolute Gasteiger partial charge is 0.348 e. The van der Waals surface area contributed by atoms with Crippen LogP contribution in [0.5, 0.6) is 0 Å². The van der Waals surface area contributed by atoms with Crippen LogP contribution in [0.3, 0.4) is 0 Å². The maximum atomic E-state index is 14.2. The first-order chi connectivity index (χ1) is 14.8. The van der Waals surface area contributed by atoms with Gasteiger partial charge in [0.1, 0.15) is 22.0 Å². The Hall–Kier alpha value is -2.98. The Balaban J connectivity index is 1.45. The number of pyridine rings is 1. The lowest BCUT2D eigenvalue weighted by molar-refractivity contribution is 0.0702. The molecule has 31 heavy (non-hydrogen) atoms. The number of H-pyrrole nitrogens is 1. The molecule has 11 heteroatoms. The fraction of sp³-hybridized carbons (Fsp3) is 0.300. The van der Waals surface area contributed by atoms with Crippen molar-refractivity contribution in [3.8, 4) is 11.4 Å². The van der Waals surface area contributed by atoms with Crippen molar-refractivity contribution in [3.05, 3.63) is 51.5 Å². The number of anilines is 1. The lowest BCUT2D eigenvalue weighted by Gasteiger charge is -2.32. The number of carboxylic acid groups (broad SMARTS) is 1. The van der Waals surface area contributed by atoms with Crippen LogP contribution in [0.15, 0.2) is 24.4 Å². The zero-order chi connectivity index (χ0) is 22.1. The van der Waals surface area contributed by atoms with Crippen molar-refractivity contribution in [3.63, 3.8) is 0 Å². The molecule has 0 unspecified atom stereocenters. The number of amides is 1. The lowest BCUT2D eigenvalue weighted by atomic mass is 10.1. The molecule has 1 aliphatic heterocycles. The van der Waals surface area contributed by atoms with Crippen molar-refractivity contribution in [2.24, 2.45) is 0 Å². The molecule has 1 saturated heterocycles. The van der Waals surface area contributed by atoms with Gasteiger partial charge in [-0.15, -0.1) is 0 Å². The van der Waals surface area contributed by atoms with Crippen LogP contribution in [0.4, 0.5) is 9.52 Å². The summed E-state index contributed by atoms with van der Waals surface area (Å²) in [6.07, 6.45) is 2.72. The Kier molecular flexibility index (Phi) is 5.92. The maximum absolute atomic E-state index is 14.2. The molecule has 0 radical (unpaired) electrons. The molecule has 0 atom stereocenters. The van der Waals surface area contributed by atoms with Crippen LogP contribution in [0.25, 0.3) is 11.4 Å². The Labute approximate surface area is 186 Å². The third kappa shape index (κ3) is 4.40. The molecule has 0 saturated carbocycles. The summed E-state index contributed by atoms with van der Waals surface area (Å²) in [5.41, 5.74) is 1.10. The zero-order valence-electron chi connectivity index (χ0n) is 16.5. The summed E-state index contributed by atoms with van der Waals surface area (Å²) in [6, 6.07) is 4.23. The number of carbonyl (C=O) groups excluding carboxylic acids is 1. The Morgan fingerprint density at radius 1 is 1.35 bits per heavy atom. The molecule has 0 aromatic carbocycles. The van der Waals surface area contributed by atoms with E-state index in [1.165, 1.54) is 18.3 Å². The highest BCUT2D eigenvalue weighted by Gasteiger charge is 2.28. The van der Waals surface area contributed by atoms with E-state index in [1.807, 2.05) is 4.90 Å². The second-order valence-electron chi connectivity index (χ2n) is 7.20. The van der Waals surface area contributed by atoms with Crippen LogP contribution in [0.2, 0.25) is 5.02 Å². The van der Waals surface area contributed by atoms with E-state index in [1.54, 1.807) is 13.0 Å². The number of thiazole rings is 1. The van der Waals surface area contributed by atoms with Gasteiger partial charge in [-0.3, -0.25) is 9.78 Å². The van der Waals surface area contributed by atoms with Crippen LogP contribution in [-0.2, 0) is 0 Å². The van der Waals surface area contributed by atoms with Gasteiger partial charge in [0.25, 0.3) is 5.91 Å². The number of nitrogens with one attached hydrogen (secondary N) is 2. The van der Waals surface area contributed by atoms with E-state index < -0.39 is 11.8 Å². The number of aryl methyl sites for hydroxylation is 1. The SMILES string of the molecule is Cc1[nH]c(C(=O)NC2CCN(c3nc(-c4ncccc4F)c(C(=O)O)s3)CC2)cc1Cl. The van der Waals surface area contributed by atoms with Gasteiger partial charge in [0.15, 0.2) is 10.9 Å². The molecule has 4 rings (SSSR count). The number of halogens is 2. The van der Waals surface area contributed by atoms with Crippen LogP contribution in [-0.4, -0.2) is 51.1 Å². The minimum atomic E-state index is -1.18. The number of aromatic nitrogens is 3. The topological polar surface area (TPSA) is 111 Å². The second-order valence-corrected chi connectivity index (χ2v) is 8.59. The first-order valence-electron chi connectivity index (χ1n) is 9.59. The number of rotatable bonds is 5. The van der Waals surface area contributed by atoms with E-state index in [4.69, 9.17) is 11.6 Å². The van der Waals surface area contributed by atoms with Crippen molar-refractivity contribution in [2.45, 2.75) is 25.8 Å². The van der Waals surface area contributed by atoms with E-state index in [2.05, 4.69) is 20.3 Å². The molecular weight excluding hydrogens is 445 g/mol. The normalized spacial score (nSPS) is 14.6. The van der Waals surface area contributed by atoms with E-state index in [-0.39, 0.29) is 28.2 Å². The van der Waals surface area contributed by atoms with E-state index in [9.17, 15) is 19.1 Å². The number of hydrogen-bond acceptors (Lipinski definition) is 6. The first kappa shape index (κ1) is 21.3. The number of nitrogens with zero attached hydrogens (tertiary/aromatic N) is 3. The van der Waals surface area contributed by atoms with Crippen LogP contribution in [0.1, 0.15) is 38.7 Å². The number of carboxylic acids is 1. The van der Waals surface area contributed by atoms with Gasteiger partial charge in [0, 0.05) is 31.0 Å². The fourth-order valence-electron chi connectivity index (χ4n) is 3.44. The summed E-state index contributed by atoms with van der Waals surface area (Å²) in [4.78, 5) is 37.3.